The number of nitrogens with one attached hydrogen (secondary N) is 2. The molecule has 4 aromatic rings. The minimum atomic E-state index is 0.827. The molecule has 3 heteroatoms. The van der Waals surface area contributed by atoms with Gasteiger partial charge in [0, 0.05) is 23.1 Å². The maximum absolute atomic E-state index is 3.51. The highest BCUT2D eigenvalue weighted by Crippen LogP contribution is 2.25. The summed E-state index contributed by atoms with van der Waals surface area (Å²) in [6.07, 6.45) is 1.99. The molecule has 0 aliphatic rings. The molecule has 2 aromatic heterocycles. The lowest BCUT2D eigenvalue weighted by atomic mass is 10.1. The Hall–Kier alpha value is -2.26. The zero-order valence-electron chi connectivity index (χ0n) is 10.9. The second-order valence-electron chi connectivity index (χ2n) is 4.89. The van der Waals surface area contributed by atoms with Crippen LogP contribution in [0.4, 0.5) is 5.69 Å². The smallest absolute Gasteiger partial charge is 0.0504 e. The first-order valence-corrected chi connectivity index (χ1v) is 7.54. The van der Waals surface area contributed by atoms with Gasteiger partial charge >= 0.3 is 0 Å². The van der Waals surface area contributed by atoms with Crippen LogP contribution in [0.3, 0.4) is 0 Å². The number of aromatic amines is 1. The third kappa shape index (κ3) is 1.96. The number of fused-ring (bicyclic) bond motifs is 2. The van der Waals surface area contributed by atoms with E-state index in [1.165, 1.54) is 32.2 Å². The summed E-state index contributed by atoms with van der Waals surface area (Å²) in [5.74, 6) is 0. The molecule has 0 atom stereocenters. The third-order valence-corrected chi connectivity index (χ3v) is 4.51. The molecule has 0 aliphatic heterocycles. The molecule has 0 spiro atoms. The van der Waals surface area contributed by atoms with Crippen LogP contribution in [0, 0.1) is 0 Å². The number of benzene rings is 2. The third-order valence-electron chi connectivity index (χ3n) is 3.61. The van der Waals surface area contributed by atoms with E-state index in [4.69, 9.17) is 0 Å². The highest BCUT2D eigenvalue weighted by Gasteiger charge is 2.02. The number of thiophene rings is 1. The largest absolute Gasteiger partial charge is 0.381 e. The lowest BCUT2D eigenvalue weighted by Crippen LogP contribution is -1.99. The topological polar surface area (TPSA) is 27.8 Å². The molecule has 0 bridgehead atoms. The van der Waals surface area contributed by atoms with Crippen molar-refractivity contribution < 1.29 is 0 Å². The zero-order chi connectivity index (χ0) is 13.4. The molecule has 2 nitrogen and oxygen atoms in total. The molecule has 2 aromatic carbocycles. The molecule has 0 saturated heterocycles. The van der Waals surface area contributed by atoms with E-state index in [9.17, 15) is 0 Å². The van der Waals surface area contributed by atoms with Crippen molar-refractivity contribution in [2.45, 2.75) is 6.54 Å². The fourth-order valence-electron chi connectivity index (χ4n) is 2.57. The first kappa shape index (κ1) is 11.6. The fourth-order valence-corrected chi connectivity index (χ4v) is 3.34. The number of H-pyrrole nitrogens is 1. The van der Waals surface area contributed by atoms with E-state index in [0.29, 0.717) is 0 Å². The van der Waals surface area contributed by atoms with Gasteiger partial charge in [-0.1, -0.05) is 18.2 Å². The number of para-hydroxylation sites is 1. The molecule has 0 fully saturated rings. The SMILES string of the molecule is c1cc(CNc2ccc3sccc3c2)c2[nH]ccc2c1. The van der Waals surface area contributed by atoms with Crippen molar-refractivity contribution in [2.24, 2.45) is 0 Å². The van der Waals surface area contributed by atoms with Gasteiger partial charge in [0.15, 0.2) is 0 Å². The van der Waals surface area contributed by atoms with Crippen LogP contribution in [0.1, 0.15) is 5.56 Å². The van der Waals surface area contributed by atoms with E-state index in [1.54, 1.807) is 11.3 Å². The van der Waals surface area contributed by atoms with E-state index in [0.717, 1.165) is 6.54 Å². The Morgan fingerprint density at radius 2 is 2.00 bits per heavy atom. The van der Waals surface area contributed by atoms with Crippen LogP contribution in [0.2, 0.25) is 0 Å². The average molecular weight is 278 g/mol. The summed E-state index contributed by atoms with van der Waals surface area (Å²) in [5, 5.41) is 8.21. The van der Waals surface area contributed by atoms with E-state index in [-0.39, 0.29) is 0 Å². The monoisotopic (exact) mass is 278 g/mol. The van der Waals surface area contributed by atoms with Crippen LogP contribution in [0.25, 0.3) is 21.0 Å². The van der Waals surface area contributed by atoms with Crippen molar-refractivity contribution in [2.75, 3.05) is 5.32 Å². The Kier molecular flexibility index (Phi) is 2.71. The summed E-state index contributed by atoms with van der Waals surface area (Å²) >= 11 is 1.78. The summed E-state index contributed by atoms with van der Waals surface area (Å²) in [6, 6.07) is 17.2. The summed E-state index contributed by atoms with van der Waals surface area (Å²) in [4.78, 5) is 3.31. The molecule has 0 unspecified atom stereocenters. The quantitative estimate of drug-likeness (QED) is 0.542. The Labute approximate surface area is 121 Å². The lowest BCUT2D eigenvalue weighted by Gasteiger charge is -2.08. The number of hydrogen-bond donors (Lipinski definition) is 2. The molecular formula is C17H14N2S. The normalized spacial score (nSPS) is 11.2. The number of anilines is 1. The predicted molar refractivity (Wildman–Crippen MR) is 87.5 cm³/mol. The average Bonchev–Trinajstić information content (AvgIpc) is 3.13. The van der Waals surface area contributed by atoms with Crippen molar-refractivity contribution in [3.05, 3.63) is 65.7 Å². The minimum Gasteiger partial charge on any atom is -0.381 e. The van der Waals surface area contributed by atoms with Crippen LogP contribution in [0.15, 0.2) is 60.1 Å². The van der Waals surface area contributed by atoms with Crippen molar-refractivity contribution in [1.82, 2.24) is 4.98 Å². The van der Waals surface area contributed by atoms with Gasteiger partial charge in [-0.25, -0.2) is 0 Å². The highest BCUT2D eigenvalue weighted by atomic mass is 32.1. The van der Waals surface area contributed by atoms with Crippen LogP contribution >= 0.6 is 11.3 Å². The van der Waals surface area contributed by atoms with E-state index in [2.05, 4.69) is 64.2 Å². The molecule has 0 saturated carbocycles. The van der Waals surface area contributed by atoms with E-state index < -0.39 is 0 Å². The van der Waals surface area contributed by atoms with Crippen molar-refractivity contribution in [1.29, 1.82) is 0 Å². The molecule has 0 amide bonds. The summed E-state index contributed by atoms with van der Waals surface area (Å²) < 4.78 is 1.34. The predicted octanol–water partition coefficient (Wildman–Crippen LogP) is 4.99. The van der Waals surface area contributed by atoms with E-state index >= 15 is 0 Å². The number of hydrogen-bond acceptors (Lipinski definition) is 2. The van der Waals surface area contributed by atoms with Gasteiger partial charge < -0.3 is 10.3 Å². The molecule has 98 valence electrons. The Balaban J connectivity index is 1.61. The van der Waals surface area contributed by atoms with Gasteiger partial charge in [-0.15, -0.1) is 11.3 Å². The van der Waals surface area contributed by atoms with Crippen LogP contribution in [-0.2, 0) is 6.54 Å². The first-order chi connectivity index (χ1) is 9.90. The first-order valence-electron chi connectivity index (χ1n) is 6.66. The summed E-state index contributed by atoms with van der Waals surface area (Å²) in [7, 11) is 0. The maximum atomic E-state index is 3.51. The lowest BCUT2D eigenvalue weighted by molar-refractivity contribution is 1.16. The molecule has 0 radical (unpaired) electrons. The number of aromatic nitrogens is 1. The molecule has 0 aliphatic carbocycles. The van der Waals surface area contributed by atoms with Gasteiger partial charge in [-0.3, -0.25) is 0 Å². The molecular weight excluding hydrogens is 264 g/mol. The Bertz CT molecular complexity index is 873. The molecule has 2 N–H and O–H groups in total. The molecule has 2 heterocycles. The van der Waals surface area contributed by atoms with Gasteiger partial charge in [-0.05, 0) is 52.0 Å². The Morgan fingerprint density at radius 1 is 1.00 bits per heavy atom. The van der Waals surface area contributed by atoms with Crippen LogP contribution in [-0.4, -0.2) is 4.98 Å². The van der Waals surface area contributed by atoms with Crippen molar-refractivity contribution in [3.8, 4) is 0 Å². The molecule has 20 heavy (non-hydrogen) atoms. The minimum absolute atomic E-state index is 0.827. The van der Waals surface area contributed by atoms with Crippen LogP contribution in [0.5, 0.6) is 0 Å². The van der Waals surface area contributed by atoms with Crippen molar-refractivity contribution in [3.63, 3.8) is 0 Å². The molecule has 4 rings (SSSR count). The second-order valence-corrected chi connectivity index (χ2v) is 5.83. The van der Waals surface area contributed by atoms with Gasteiger partial charge in [0.2, 0.25) is 0 Å². The second kappa shape index (κ2) is 4.69. The summed E-state index contributed by atoms with van der Waals surface area (Å²) in [6.45, 7) is 0.827. The standard InChI is InChI=1S/C17H14N2S/c1-2-12-6-8-18-17(12)14(3-1)11-19-15-4-5-16-13(10-15)7-9-20-16/h1-10,18-19H,11H2. The summed E-state index contributed by atoms with van der Waals surface area (Å²) in [5.41, 5.74) is 3.67. The fraction of sp³-hybridized carbons (Fsp3) is 0.0588. The van der Waals surface area contributed by atoms with Gasteiger partial charge in [-0.2, -0.15) is 0 Å². The van der Waals surface area contributed by atoms with Gasteiger partial charge in [0.25, 0.3) is 0 Å². The van der Waals surface area contributed by atoms with Crippen molar-refractivity contribution >= 4 is 38.0 Å². The Morgan fingerprint density at radius 3 is 3.00 bits per heavy atom. The number of rotatable bonds is 3. The van der Waals surface area contributed by atoms with Gasteiger partial charge in [0.1, 0.15) is 0 Å². The van der Waals surface area contributed by atoms with Crippen LogP contribution < -0.4 is 5.32 Å². The maximum Gasteiger partial charge on any atom is 0.0504 e. The van der Waals surface area contributed by atoms with E-state index in [1.807, 2.05) is 6.20 Å². The zero-order valence-corrected chi connectivity index (χ0v) is 11.7. The van der Waals surface area contributed by atoms with Gasteiger partial charge in [0.05, 0.1) is 5.52 Å². The highest BCUT2D eigenvalue weighted by molar-refractivity contribution is 7.17.